The smallest absolute Gasteiger partial charge is 0.317 e. The number of carbonyl (C=O) groups excluding carboxylic acids is 8. The summed E-state index contributed by atoms with van der Waals surface area (Å²) in [4.78, 5) is 111. The largest absolute Gasteiger partial charge is 0.379 e. The van der Waals surface area contributed by atoms with Gasteiger partial charge in [-0.25, -0.2) is 4.79 Å². The molecule has 2 fully saturated rings. The number of likely N-dealkylation sites (tertiary alicyclic amines) is 1. The molecule has 1 saturated heterocycles. The highest BCUT2D eigenvalue weighted by atomic mass is 16.5. The van der Waals surface area contributed by atoms with E-state index in [4.69, 9.17) is 9.47 Å². The standard InChI is InChI=1S/C52H82N8O10/c1-12-33(5)48(58(9)47(65)30-55-52(68)57(8)40(13-2)34(6)32(3)4)42(69-10)27-46(64)59-26-14-15-41(59)49(70-11)35(7)50(66)54-29-43(61)56-39-22-18-36(19-23-39)28-53-51(67)38-20-16-37(17-21-38)31-60-44(62)24-25-45(60)63/h18-19,22-25,32-35,37-38,40-42,48-49H,12-17,20-21,26-31H2,1-11H3,(H,53,67)(H,54,66)(H,55,68)(H,56,61). The Morgan fingerprint density at radius 3 is 2.00 bits per heavy atom. The zero-order valence-electron chi connectivity index (χ0n) is 43.6. The number of methoxy groups -OCH3 is 2. The molecule has 390 valence electrons. The van der Waals surface area contributed by atoms with Crippen LogP contribution in [0.3, 0.4) is 0 Å². The van der Waals surface area contributed by atoms with Crippen LogP contribution in [0, 0.1) is 35.5 Å². The molecule has 1 aromatic carbocycles. The van der Waals surface area contributed by atoms with Gasteiger partial charge in [0.25, 0.3) is 11.8 Å². The van der Waals surface area contributed by atoms with Crippen molar-refractivity contribution in [1.29, 1.82) is 0 Å². The van der Waals surface area contributed by atoms with E-state index < -0.39 is 42.0 Å². The third-order valence-electron chi connectivity index (χ3n) is 15.3. The minimum atomic E-state index is -0.713. The van der Waals surface area contributed by atoms with Crippen LogP contribution < -0.4 is 21.3 Å². The van der Waals surface area contributed by atoms with Gasteiger partial charge in [-0.05, 0) is 86.3 Å². The van der Waals surface area contributed by atoms with Crippen molar-refractivity contribution in [2.45, 2.75) is 143 Å². The van der Waals surface area contributed by atoms with Crippen molar-refractivity contribution in [2.75, 3.05) is 59.8 Å². The fraction of sp³-hybridized carbons (Fsp3) is 0.692. The summed E-state index contributed by atoms with van der Waals surface area (Å²) in [6.07, 6.45) is 6.97. The maximum absolute atomic E-state index is 14.2. The van der Waals surface area contributed by atoms with Crippen LogP contribution in [-0.4, -0.2) is 152 Å². The first kappa shape index (κ1) is 57.2. The van der Waals surface area contributed by atoms with Crippen LogP contribution in [0.15, 0.2) is 36.4 Å². The topological polar surface area (TPSA) is 216 Å². The van der Waals surface area contributed by atoms with Gasteiger partial charge in [0.1, 0.15) is 0 Å². The molecule has 18 nitrogen and oxygen atoms in total. The van der Waals surface area contributed by atoms with Crippen molar-refractivity contribution < 1.29 is 47.8 Å². The number of urea groups is 1. The molecule has 0 aromatic heterocycles. The average Bonchev–Trinajstić information content (AvgIpc) is 3.97. The maximum atomic E-state index is 14.2. The van der Waals surface area contributed by atoms with Gasteiger partial charge in [0.2, 0.25) is 29.5 Å². The first-order valence-electron chi connectivity index (χ1n) is 25.3. The molecule has 9 amide bonds. The Kier molecular flexibility index (Phi) is 22.3. The number of likely N-dealkylation sites (N-methyl/N-ethyl adjacent to an activating group) is 1. The van der Waals surface area contributed by atoms with E-state index in [1.165, 1.54) is 31.3 Å². The maximum Gasteiger partial charge on any atom is 0.317 e. The lowest BCUT2D eigenvalue weighted by Crippen LogP contribution is -2.55. The molecule has 3 aliphatic rings. The number of amides is 9. The lowest BCUT2D eigenvalue weighted by Gasteiger charge is -2.39. The Bertz CT molecular complexity index is 1970. The van der Waals surface area contributed by atoms with Gasteiger partial charge in [-0.3, -0.25) is 38.5 Å². The quantitative estimate of drug-likeness (QED) is 0.0990. The number of hydrogen-bond acceptors (Lipinski definition) is 10. The molecule has 70 heavy (non-hydrogen) atoms. The van der Waals surface area contributed by atoms with Gasteiger partial charge >= 0.3 is 6.03 Å². The van der Waals surface area contributed by atoms with Crippen LogP contribution in [0.4, 0.5) is 10.5 Å². The summed E-state index contributed by atoms with van der Waals surface area (Å²) < 4.78 is 11.9. The van der Waals surface area contributed by atoms with Crippen LogP contribution in [0.5, 0.6) is 0 Å². The number of nitrogens with one attached hydrogen (secondary N) is 4. The van der Waals surface area contributed by atoms with E-state index >= 15 is 0 Å². The molecule has 2 heterocycles. The minimum Gasteiger partial charge on any atom is -0.379 e. The monoisotopic (exact) mass is 979 g/mol. The Morgan fingerprint density at radius 1 is 0.786 bits per heavy atom. The summed E-state index contributed by atoms with van der Waals surface area (Å²) >= 11 is 0. The Balaban J connectivity index is 1.24. The molecule has 8 atom stereocenters. The summed E-state index contributed by atoms with van der Waals surface area (Å²) in [6.45, 7) is 14.9. The lowest BCUT2D eigenvalue weighted by molar-refractivity contribution is -0.145. The van der Waals surface area contributed by atoms with Gasteiger partial charge in [0.15, 0.2) is 0 Å². The second-order valence-electron chi connectivity index (χ2n) is 20.0. The summed E-state index contributed by atoms with van der Waals surface area (Å²) in [6, 6.07) is 5.88. The molecule has 8 unspecified atom stereocenters. The zero-order valence-corrected chi connectivity index (χ0v) is 43.6. The van der Waals surface area contributed by atoms with Crippen LogP contribution in [-0.2, 0) is 49.6 Å². The van der Waals surface area contributed by atoms with Gasteiger partial charge in [-0.15, -0.1) is 0 Å². The van der Waals surface area contributed by atoms with Crippen LogP contribution in [0.1, 0.15) is 112 Å². The SMILES string of the molecule is CCC(C)C(C(CC(=O)N1CCCC1C(OC)C(C)C(=O)NCC(=O)Nc1ccc(CNC(=O)C2CCC(CN3C(=O)C=CC3=O)CC2)cc1)OC)N(C)C(=O)CNC(=O)N(C)C(CC)C(C)C(C)C. The first-order valence-corrected chi connectivity index (χ1v) is 25.3. The molecule has 0 bridgehead atoms. The molecular weight excluding hydrogens is 897 g/mol. The van der Waals surface area contributed by atoms with Gasteiger partial charge in [0.05, 0.1) is 49.7 Å². The highest BCUT2D eigenvalue weighted by molar-refractivity contribution is 6.12. The molecule has 1 saturated carbocycles. The van der Waals surface area contributed by atoms with Crippen LogP contribution in [0.25, 0.3) is 0 Å². The molecule has 4 rings (SSSR count). The Morgan fingerprint density at radius 2 is 1.43 bits per heavy atom. The number of carbonyl (C=O) groups is 8. The number of nitrogens with zero attached hydrogens (tertiary/aromatic N) is 4. The fourth-order valence-corrected chi connectivity index (χ4v) is 10.4. The molecule has 2 aliphatic heterocycles. The van der Waals surface area contributed by atoms with Crippen molar-refractivity contribution >= 4 is 53.1 Å². The number of anilines is 1. The van der Waals surface area contributed by atoms with E-state index in [1.54, 1.807) is 60.0 Å². The van der Waals surface area contributed by atoms with Crippen LogP contribution >= 0.6 is 0 Å². The lowest BCUT2D eigenvalue weighted by atomic mass is 9.81. The van der Waals surface area contributed by atoms with E-state index in [1.807, 2.05) is 13.8 Å². The molecule has 18 heteroatoms. The summed E-state index contributed by atoms with van der Waals surface area (Å²) in [5, 5.41) is 11.3. The van der Waals surface area contributed by atoms with E-state index in [9.17, 15) is 38.4 Å². The number of ether oxygens (including phenoxy) is 2. The number of benzene rings is 1. The van der Waals surface area contributed by atoms with Gasteiger partial charge in [-0.1, -0.05) is 67.0 Å². The van der Waals surface area contributed by atoms with Gasteiger partial charge in [-0.2, -0.15) is 0 Å². The third kappa shape index (κ3) is 15.3. The van der Waals surface area contributed by atoms with Crippen molar-refractivity contribution in [3.05, 3.63) is 42.0 Å². The number of rotatable bonds is 25. The molecule has 0 spiro atoms. The average molecular weight is 979 g/mol. The van der Waals surface area contributed by atoms with Crippen molar-refractivity contribution in [3.63, 3.8) is 0 Å². The highest BCUT2D eigenvalue weighted by Crippen LogP contribution is 2.32. The summed E-state index contributed by atoms with van der Waals surface area (Å²) in [5.41, 5.74) is 1.37. The van der Waals surface area contributed by atoms with Gasteiger partial charge in [0, 0.05) is 77.7 Å². The van der Waals surface area contributed by atoms with Crippen molar-refractivity contribution in [1.82, 2.24) is 35.6 Å². The third-order valence-corrected chi connectivity index (χ3v) is 15.3. The van der Waals surface area contributed by atoms with Crippen LogP contribution in [0.2, 0.25) is 0 Å². The highest BCUT2D eigenvalue weighted by Gasteiger charge is 2.42. The van der Waals surface area contributed by atoms with Gasteiger partial charge < -0.3 is 45.4 Å². The fourth-order valence-electron chi connectivity index (χ4n) is 10.4. The molecular formula is C52H82N8O10. The normalized spacial score (nSPS) is 21.1. The molecule has 0 radical (unpaired) electrons. The van der Waals surface area contributed by atoms with E-state index in [2.05, 4.69) is 49.0 Å². The Hall–Kier alpha value is -5.36. The first-order chi connectivity index (χ1) is 33.3. The van der Waals surface area contributed by atoms with Crippen molar-refractivity contribution in [2.24, 2.45) is 35.5 Å². The predicted octanol–water partition coefficient (Wildman–Crippen LogP) is 4.72. The van der Waals surface area contributed by atoms with E-state index in [0.29, 0.717) is 63.3 Å². The number of imide groups is 1. The summed E-state index contributed by atoms with van der Waals surface area (Å²) in [5.74, 6) is -1.97. The zero-order chi connectivity index (χ0) is 51.8. The van der Waals surface area contributed by atoms with Crippen molar-refractivity contribution in [3.8, 4) is 0 Å². The second-order valence-corrected chi connectivity index (χ2v) is 20.0. The molecule has 4 N–H and O–H groups in total. The molecule has 1 aliphatic carbocycles. The van der Waals surface area contributed by atoms with E-state index in [0.717, 1.165) is 24.8 Å². The minimum absolute atomic E-state index is 0.0116. The Labute approximate surface area is 415 Å². The predicted molar refractivity (Wildman–Crippen MR) is 267 cm³/mol. The summed E-state index contributed by atoms with van der Waals surface area (Å²) in [7, 11) is 6.48. The van der Waals surface area contributed by atoms with E-state index in [-0.39, 0.29) is 84.8 Å². The number of hydrogen-bond donors (Lipinski definition) is 4. The second kappa shape index (κ2) is 27.3. The molecule has 1 aromatic rings.